The number of fused-ring (bicyclic) bond motifs is 2. The third kappa shape index (κ3) is 20.0. The van der Waals surface area contributed by atoms with Crippen molar-refractivity contribution in [3.05, 3.63) is 0 Å². The van der Waals surface area contributed by atoms with Crippen LogP contribution in [0.2, 0.25) is 0 Å². The molecule has 6 unspecified atom stereocenters. The summed E-state index contributed by atoms with van der Waals surface area (Å²) in [4.78, 5) is 191. The number of carbonyl (C=O) groups is 12. The molecular formula is C73H120F2N12O13. The second-order valence-electron chi connectivity index (χ2n) is 31.4. The summed E-state index contributed by atoms with van der Waals surface area (Å²) >= 11 is 0. The maximum absolute atomic E-state index is 15.9. The van der Waals surface area contributed by atoms with E-state index in [1.165, 1.54) is 73.6 Å². The highest BCUT2D eigenvalue weighted by Gasteiger charge is 2.50. The van der Waals surface area contributed by atoms with Gasteiger partial charge in [0.2, 0.25) is 70.9 Å². The van der Waals surface area contributed by atoms with Gasteiger partial charge in [0.15, 0.2) is 0 Å². The Labute approximate surface area is 592 Å². The monoisotopic (exact) mass is 1410 g/mol. The molecule has 0 bridgehead atoms. The molecule has 4 heterocycles. The van der Waals surface area contributed by atoms with Crippen molar-refractivity contribution < 1.29 is 71.1 Å². The molecule has 4 aliphatic heterocycles. The molecule has 4 N–H and O–H groups in total. The SMILES string of the molecule is CCCCC1NC(=O)[C@H](CC2CCCC(F)C2F)NC(=O)CN(C)C(=O)C(CC2CCC(OC)CC2)N(C)C(=O)[C@@H]2CCN2C(=O)[C@@H]2CCCCN2C(=O)[C@H](C2CCC2)NC(=O)C(CC(C)C)N(C)C(=O)C[C@@H](C(=O)N2CCCCC2)N(C)C(=O)[C@H](CC(C)C)NC(=O)C(C)(C)N(C)C1=O. The van der Waals surface area contributed by atoms with Crippen molar-refractivity contribution >= 4 is 70.9 Å². The van der Waals surface area contributed by atoms with E-state index in [9.17, 15) is 24.0 Å². The molecular weight excluding hydrogens is 1290 g/mol. The Morgan fingerprint density at radius 1 is 0.570 bits per heavy atom. The predicted octanol–water partition coefficient (Wildman–Crippen LogP) is 5.04. The molecule has 12 atom stereocenters. The van der Waals surface area contributed by atoms with Crippen LogP contribution in [-0.4, -0.2) is 264 Å². The van der Waals surface area contributed by atoms with Gasteiger partial charge in [-0.05, 0) is 172 Å². The van der Waals surface area contributed by atoms with Crippen molar-refractivity contribution in [1.29, 1.82) is 0 Å². The first-order valence-corrected chi connectivity index (χ1v) is 37.5. The molecule has 0 aromatic rings. The van der Waals surface area contributed by atoms with E-state index in [1.807, 2.05) is 34.6 Å². The lowest BCUT2D eigenvalue weighted by molar-refractivity contribution is -0.162. The number of halogens is 2. The molecule has 7 rings (SSSR count). The quantitative estimate of drug-likeness (QED) is 0.178. The Kier molecular flexibility index (Phi) is 29.5. The first-order valence-electron chi connectivity index (χ1n) is 37.5. The fourth-order valence-corrected chi connectivity index (χ4v) is 15.7. The zero-order valence-corrected chi connectivity index (χ0v) is 62.2. The van der Waals surface area contributed by atoms with Gasteiger partial charge in [-0.2, -0.15) is 0 Å². The number of rotatable bonds is 14. The molecule has 0 aromatic heterocycles. The first-order chi connectivity index (χ1) is 47.3. The van der Waals surface area contributed by atoms with Gasteiger partial charge in [0.05, 0.1) is 19.1 Å². The summed E-state index contributed by atoms with van der Waals surface area (Å²) in [6.07, 6.45) is 6.00. The van der Waals surface area contributed by atoms with Crippen molar-refractivity contribution in [2.75, 3.05) is 75.1 Å². The number of piperidine rings is 2. The van der Waals surface area contributed by atoms with Crippen LogP contribution < -0.4 is 21.3 Å². The molecule has 27 heteroatoms. The van der Waals surface area contributed by atoms with Crippen molar-refractivity contribution in [2.24, 2.45) is 29.6 Å². The third-order valence-electron chi connectivity index (χ3n) is 22.9. The molecule has 7 aliphatic rings. The summed E-state index contributed by atoms with van der Waals surface area (Å²) in [6.45, 7) is 12.8. The number of amides is 12. The van der Waals surface area contributed by atoms with E-state index < -0.39 is 162 Å². The average Bonchev–Trinajstić information content (AvgIpc) is 0.772. The minimum Gasteiger partial charge on any atom is -0.381 e. The Balaban J connectivity index is 1.28. The van der Waals surface area contributed by atoms with Gasteiger partial charge in [-0.3, -0.25) is 57.5 Å². The Bertz CT molecular complexity index is 2890. The Morgan fingerprint density at radius 2 is 1.20 bits per heavy atom. The smallest absolute Gasteiger partial charge is 0.246 e. The van der Waals surface area contributed by atoms with E-state index >= 15 is 42.3 Å². The highest BCUT2D eigenvalue weighted by Crippen LogP contribution is 2.37. The van der Waals surface area contributed by atoms with Crippen LogP contribution in [0.25, 0.3) is 0 Å². The number of methoxy groups -OCH3 is 1. The number of nitrogens with one attached hydrogen (secondary N) is 4. The van der Waals surface area contributed by atoms with E-state index in [-0.39, 0.29) is 101 Å². The van der Waals surface area contributed by atoms with Gasteiger partial charge in [0, 0.05) is 68.5 Å². The summed E-state index contributed by atoms with van der Waals surface area (Å²) in [6, 6.07) is -11.0. The third-order valence-corrected chi connectivity index (χ3v) is 22.9. The van der Waals surface area contributed by atoms with Crippen LogP contribution in [0.5, 0.6) is 0 Å². The number of ether oxygens (including phenoxy) is 1. The largest absolute Gasteiger partial charge is 0.381 e. The predicted molar refractivity (Wildman–Crippen MR) is 371 cm³/mol. The normalized spacial score (nSPS) is 32.0. The van der Waals surface area contributed by atoms with Crippen LogP contribution in [0.4, 0.5) is 8.78 Å². The molecule has 12 amide bonds. The molecule has 3 saturated carbocycles. The van der Waals surface area contributed by atoms with E-state index in [1.54, 1.807) is 12.0 Å². The van der Waals surface area contributed by atoms with E-state index in [2.05, 4.69) is 21.3 Å². The maximum atomic E-state index is 15.9. The molecule has 0 spiro atoms. The highest BCUT2D eigenvalue weighted by molar-refractivity contribution is 6.01. The topological polar surface area (TPSA) is 288 Å². The van der Waals surface area contributed by atoms with E-state index in [0.29, 0.717) is 96.6 Å². The van der Waals surface area contributed by atoms with Gasteiger partial charge in [0.1, 0.15) is 72.3 Å². The number of hydrogen-bond donors (Lipinski definition) is 4. The first kappa shape index (κ1) is 80.8. The maximum Gasteiger partial charge on any atom is 0.246 e. The van der Waals surface area contributed by atoms with Crippen LogP contribution in [0.15, 0.2) is 0 Å². The zero-order valence-electron chi connectivity index (χ0n) is 62.2. The van der Waals surface area contributed by atoms with Crippen molar-refractivity contribution in [3.63, 3.8) is 0 Å². The number of likely N-dealkylation sites (tertiary alicyclic amines) is 1. The van der Waals surface area contributed by atoms with Crippen LogP contribution in [0.1, 0.15) is 209 Å². The van der Waals surface area contributed by atoms with Gasteiger partial charge in [-0.25, -0.2) is 8.78 Å². The number of nitrogens with zero attached hydrogens (tertiary/aromatic N) is 8. The fraction of sp³-hybridized carbons (Fsp3) is 0.836. The Morgan fingerprint density at radius 3 is 1.80 bits per heavy atom. The standard InChI is InChI=1S/C73H120F2N12O13/c1-14-15-27-51-66(93)84(12)73(6,7)72(99)78-53(38-44(2)3)65(92)82(10)58(69(96)85-34-18-16-19-35-85)42-60(89)81(9)56(39-45(4)5)64(91)79-62(47-23-21-24-47)71(98)86-36-20-17-28-54(86)70(97)87-37-33-55(87)68(95)83(11)57(40-46-29-31-49(100-13)32-30-46)67(94)80(8)43-59(88)76-52(63(90)77-51)41-48-25-22-26-50(74)61(48)75/h44-58,61-62H,14-43H2,1-13H3,(H,76,88)(H,77,90)(H,78,99)(H,79,91)/t46?,48?,49?,50?,51?,52-,53-,54-,55-,56?,57?,58-,61?,62-/m0/s1. The Hall–Kier alpha value is -6.54. The number of alkyl halides is 2. The van der Waals surface area contributed by atoms with Crippen molar-refractivity contribution in [2.45, 2.75) is 287 Å². The molecule has 4 saturated heterocycles. The van der Waals surface area contributed by atoms with Gasteiger partial charge in [-0.15, -0.1) is 0 Å². The fourth-order valence-electron chi connectivity index (χ4n) is 15.7. The van der Waals surface area contributed by atoms with Gasteiger partial charge in [-0.1, -0.05) is 60.3 Å². The van der Waals surface area contributed by atoms with Gasteiger partial charge < -0.3 is 65.2 Å². The molecule has 25 nitrogen and oxygen atoms in total. The average molecular weight is 1410 g/mol. The van der Waals surface area contributed by atoms with E-state index in [0.717, 1.165) is 22.6 Å². The lowest BCUT2D eigenvalue weighted by Gasteiger charge is -2.47. The summed E-state index contributed by atoms with van der Waals surface area (Å²) < 4.78 is 36.7. The van der Waals surface area contributed by atoms with E-state index in [4.69, 9.17) is 4.74 Å². The summed E-state index contributed by atoms with van der Waals surface area (Å²) in [7, 11) is 8.78. The number of unbranched alkanes of at least 4 members (excludes halogenated alkanes) is 1. The lowest BCUT2D eigenvalue weighted by Crippen LogP contribution is -2.66. The summed E-state index contributed by atoms with van der Waals surface area (Å²) in [5, 5.41) is 11.4. The molecule has 0 aromatic carbocycles. The minimum atomic E-state index is -1.97. The molecule has 7 fully saturated rings. The second-order valence-corrected chi connectivity index (χ2v) is 31.4. The van der Waals surface area contributed by atoms with Crippen molar-refractivity contribution in [3.8, 4) is 0 Å². The molecule has 100 heavy (non-hydrogen) atoms. The van der Waals surface area contributed by atoms with Gasteiger partial charge >= 0.3 is 0 Å². The van der Waals surface area contributed by atoms with Crippen LogP contribution in [0.3, 0.4) is 0 Å². The van der Waals surface area contributed by atoms with Gasteiger partial charge in [0.25, 0.3) is 0 Å². The highest BCUT2D eigenvalue weighted by atomic mass is 19.2. The summed E-state index contributed by atoms with van der Waals surface area (Å²) in [5.74, 6) is -9.44. The lowest BCUT2D eigenvalue weighted by atomic mass is 9.78. The second kappa shape index (κ2) is 36.6. The van der Waals surface area contributed by atoms with Crippen LogP contribution in [0, 0.1) is 29.6 Å². The number of likely N-dealkylation sites (N-methyl/N-ethyl adjacent to an activating group) is 5. The van der Waals surface area contributed by atoms with Crippen molar-refractivity contribution in [1.82, 2.24) is 60.5 Å². The minimum absolute atomic E-state index is 0.0149. The molecule has 0 radical (unpaired) electrons. The van der Waals surface area contributed by atoms with Crippen LogP contribution >= 0.6 is 0 Å². The zero-order chi connectivity index (χ0) is 73.6. The van der Waals surface area contributed by atoms with Crippen LogP contribution in [-0.2, 0) is 62.3 Å². The number of carbonyl (C=O) groups excluding carboxylic acids is 12. The number of hydrogen-bond acceptors (Lipinski definition) is 13. The molecule has 3 aliphatic carbocycles. The summed E-state index contributed by atoms with van der Waals surface area (Å²) in [5.41, 5.74) is -1.75. The molecule has 564 valence electrons.